The number of aromatic nitrogens is 2. The van der Waals surface area contributed by atoms with Crippen molar-refractivity contribution >= 4 is 16.9 Å². The lowest BCUT2D eigenvalue weighted by Crippen LogP contribution is -2.40. The summed E-state index contributed by atoms with van der Waals surface area (Å²) in [7, 11) is 0. The highest BCUT2D eigenvalue weighted by molar-refractivity contribution is 5.92. The van der Waals surface area contributed by atoms with Crippen LogP contribution in [0, 0.1) is 5.92 Å². The van der Waals surface area contributed by atoms with E-state index >= 15 is 0 Å². The summed E-state index contributed by atoms with van der Waals surface area (Å²) in [6, 6.07) is 10.1. The molecule has 2 aliphatic heterocycles. The number of piperidine rings is 1. The number of hydrogen-bond acceptors (Lipinski definition) is 4. The second-order valence-electron chi connectivity index (χ2n) is 9.06. The van der Waals surface area contributed by atoms with E-state index < -0.39 is 0 Å². The van der Waals surface area contributed by atoms with Crippen molar-refractivity contribution in [3.63, 3.8) is 0 Å². The first-order valence-electron chi connectivity index (χ1n) is 11.8. The number of aryl methyl sites for hydroxylation is 1. The molecule has 5 rings (SSSR count). The Kier molecular flexibility index (Phi) is 5.81. The molecule has 0 spiro atoms. The maximum atomic E-state index is 13.3. The predicted molar refractivity (Wildman–Crippen MR) is 121 cm³/mol. The minimum Gasteiger partial charge on any atom is -0.456 e. The van der Waals surface area contributed by atoms with Crippen molar-refractivity contribution in [2.45, 2.75) is 52.0 Å². The number of aromatic amines is 1. The van der Waals surface area contributed by atoms with Gasteiger partial charge < -0.3 is 14.3 Å². The van der Waals surface area contributed by atoms with Crippen LogP contribution in [0.25, 0.3) is 11.0 Å². The van der Waals surface area contributed by atoms with Gasteiger partial charge in [-0.1, -0.05) is 19.1 Å². The number of hydrogen-bond donors (Lipinski definition) is 1. The van der Waals surface area contributed by atoms with Crippen LogP contribution < -0.4 is 0 Å². The summed E-state index contributed by atoms with van der Waals surface area (Å²) in [4.78, 5) is 25.9. The number of para-hydroxylation sites is 2. The maximum Gasteiger partial charge on any atom is 0.289 e. The van der Waals surface area contributed by atoms with Crippen LogP contribution in [0.5, 0.6) is 0 Å². The first-order valence-corrected chi connectivity index (χ1v) is 11.8. The summed E-state index contributed by atoms with van der Waals surface area (Å²) in [6.45, 7) is 6.86. The van der Waals surface area contributed by atoms with Crippen LogP contribution in [0.2, 0.25) is 0 Å². The first kappa shape index (κ1) is 20.3. The Bertz CT molecular complexity index is 1010. The molecule has 1 N–H and O–H groups in total. The van der Waals surface area contributed by atoms with E-state index in [9.17, 15) is 4.79 Å². The molecule has 1 aromatic carbocycles. The fourth-order valence-electron chi connectivity index (χ4n) is 5.13. The van der Waals surface area contributed by atoms with Gasteiger partial charge in [0, 0.05) is 38.0 Å². The number of carbonyl (C=O) groups is 1. The molecule has 0 bridgehead atoms. The molecular weight excluding hydrogens is 388 g/mol. The molecule has 31 heavy (non-hydrogen) atoms. The minimum absolute atomic E-state index is 0.0386. The molecule has 3 aromatic rings. The largest absolute Gasteiger partial charge is 0.456 e. The summed E-state index contributed by atoms with van der Waals surface area (Å²) in [6.07, 6.45) is 6.39. The molecule has 1 amide bonds. The molecule has 0 radical (unpaired) electrons. The van der Waals surface area contributed by atoms with E-state index in [4.69, 9.17) is 9.40 Å². The minimum atomic E-state index is 0.0386. The second-order valence-corrected chi connectivity index (χ2v) is 9.06. The van der Waals surface area contributed by atoms with Crippen molar-refractivity contribution in [3.05, 3.63) is 53.2 Å². The molecule has 1 unspecified atom stereocenters. The highest BCUT2D eigenvalue weighted by Gasteiger charge is 2.28. The first-order chi connectivity index (χ1) is 15.2. The standard InChI is InChI=1S/C25H32N4O2/c1-2-22-19(17-28-11-5-6-12-28)15-23(31-22)25(30)29-13-7-8-18(16-29)14-24-26-20-9-3-4-10-21(20)27-24/h3-4,9-10,15,18H,2,5-8,11-14,16-17H2,1H3,(H,26,27). The van der Waals surface area contributed by atoms with E-state index in [0.29, 0.717) is 11.7 Å². The van der Waals surface area contributed by atoms with Crippen LogP contribution >= 0.6 is 0 Å². The number of benzene rings is 1. The molecule has 2 fully saturated rings. The van der Waals surface area contributed by atoms with E-state index in [-0.39, 0.29) is 5.91 Å². The Morgan fingerprint density at radius 3 is 2.84 bits per heavy atom. The normalized spacial score (nSPS) is 20.0. The SMILES string of the molecule is CCc1oc(C(=O)N2CCCC(Cc3nc4ccccc4[nH]3)C2)cc1CN1CCCC1. The van der Waals surface area contributed by atoms with Gasteiger partial charge in [-0.05, 0) is 62.9 Å². The van der Waals surface area contributed by atoms with Crippen molar-refractivity contribution in [1.82, 2.24) is 19.8 Å². The zero-order chi connectivity index (χ0) is 21.2. The maximum absolute atomic E-state index is 13.3. The molecule has 6 nitrogen and oxygen atoms in total. The molecule has 2 saturated heterocycles. The number of carbonyl (C=O) groups excluding carboxylic acids is 1. The molecular formula is C25H32N4O2. The van der Waals surface area contributed by atoms with E-state index in [2.05, 4.69) is 22.9 Å². The summed E-state index contributed by atoms with van der Waals surface area (Å²) in [5.74, 6) is 2.95. The fourth-order valence-corrected chi connectivity index (χ4v) is 5.13. The molecule has 2 aliphatic rings. The van der Waals surface area contributed by atoms with Crippen LogP contribution in [0.1, 0.15) is 60.3 Å². The molecule has 164 valence electrons. The lowest BCUT2D eigenvalue weighted by molar-refractivity contribution is 0.0638. The van der Waals surface area contributed by atoms with Crippen molar-refractivity contribution in [2.75, 3.05) is 26.2 Å². The Balaban J connectivity index is 1.26. The third kappa shape index (κ3) is 4.40. The Hall–Kier alpha value is -2.60. The number of rotatable bonds is 6. The number of amides is 1. The summed E-state index contributed by atoms with van der Waals surface area (Å²) >= 11 is 0. The molecule has 6 heteroatoms. The average molecular weight is 421 g/mol. The number of nitrogens with zero attached hydrogens (tertiary/aromatic N) is 3. The van der Waals surface area contributed by atoms with Crippen molar-refractivity contribution in [2.24, 2.45) is 5.92 Å². The van der Waals surface area contributed by atoms with Gasteiger partial charge in [0.25, 0.3) is 5.91 Å². The summed E-state index contributed by atoms with van der Waals surface area (Å²) in [5.41, 5.74) is 3.27. The fraction of sp³-hybridized carbons (Fsp3) is 0.520. The summed E-state index contributed by atoms with van der Waals surface area (Å²) < 4.78 is 6.05. The monoisotopic (exact) mass is 420 g/mol. The van der Waals surface area contributed by atoms with E-state index in [1.165, 1.54) is 18.4 Å². The topological polar surface area (TPSA) is 65.4 Å². The molecule has 0 aliphatic carbocycles. The van der Waals surface area contributed by atoms with Gasteiger partial charge in [-0.2, -0.15) is 0 Å². The molecule has 1 atom stereocenters. The van der Waals surface area contributed by atoms with Crippen LogP contribution in [-0.4, -0.2) is 51.9 Å². The van der Waals surface area contributed by atoms with Crippen LogP contribution in [0.15, 0.2) is 34.7 Å². The van der Waals surface area contributed by atoms with Crippen LogP contribution in [-0.2, 0) is 19.4 Å². The number of imidazole rings is 1. The Labute approximate surface area is 183 Å². The van der Waals surface area contributed by atoms with Crippen molar-refractivity contribution < 1.29 is 9.21 Å². The quantitative estimate of drug-likeness (QED) is 0.642. The van der Waals surface area contributed by atoms with Gasteiger partial charge in [0.15, 0.2) is 5.76 Å². The molecule has 0 saturated carbocycles. The lowest BCUT2D eigenvalue weighted by atomic mass is 9.94. The van der Waals surface area contributed by atoms with Gasteiger partial charge in [-0.3, -0.25) is 9.69 Å². The molecule has 4 heterocycles. The smallest absolute Gasteiger partial charge is 0.289 e. The van der Waals surface area contributed by atoms with Gasteiger partial charge in [0.05, 0.1) is 11.0 Å². The zero-order valence-corrected chi connectivity index (χ0v) is 18.4. The second kappa shape index (κ2) is 8.87. The molecule has 2 aromatic heterocycles. The number of likely N-dealkylation sites (tertiary alicyclic amines) is 2. The number of H-pyrrole nitrogens is 1. The van der Waals surface area contributed by atoms with Gasteiger partial charge in [-0.15, -0.1) is 0 Å². The summed E-state index contributed by atoms with van der Waals surface area (Å²) in [5, 5.41) is 0. The van der Waals surface area contributed by atoms with E-state index in [1.54, 1.807) is 0 Å². The van der Waals surface area contributed by atoms with Gasteiger partial charge in [0.1, 0.15) is 11.6 Å². The van der Waals surface area contributed by atoms with E-state index in [0.717, 1.165) is 81.0 Å². The van der Waals surface area contributed by atoms with Gasteiger partial charge >= 0.3 is 0 Å². The van der Waals surface area contributed by atoms with Crippen molar-refractivity contribution in [3.8, 4) is 0 Å². The van der Waals surface area contributed by atoms with E-state index in [1.807, 2.05) is 29.2 Å². The number of fused-ring (bicyclic) bond motifs is 1. The van der Waals surface area contributed by atoms with Gasteiger partial charge in [0.2, 0.25) is 0 Å². The highest BCUT2D eigenvalue weighted by atomic mass is 16.4. The van der Waals surface area contributed by atoms with Crippen LogP contribution in [0.4, 0.5) is 0 Å². The third-order valence-electron chi connectivity index (χ3n) is 6.75. The Morgan fingerprint density at radius 2 is 2.03 bits per heavy atom. The average Bonchev–Trinajstić information content (AvgIpc) is 3.53. The highest BCUT2D eigenvalue weighted by Crippen LogP contribution is 2.25. The third-order valence-corrected chi connectivity index (χ3v) is 6.75. The predicted octanol–water partition coefficient (Wildman–Crippen LogP) is 4.41. The zero-order valence-electron chi connectivity index (χ0n) is 18.4. The van der Waals surface area contributed by atoms with Crippen LogP contribution in [0.3, 0.4) is 0 Å². The lowest BCUT2D eigenvalue weighted by Gasteiger charge is -2.31. The Morgan fingerprint density at radius 1 is 1.19 bits per heavy atom. The van der Waals surface area contributed by atoms with Crippen molar-refractivity contribution in [1.29, 1.82) is 0 Å². The number of nitrogens with one attached hydrogen (secondary N) is 1. The van der Waals surface area contributed by atoms with Gasteiger partial charge in [-0.25, -0.2) is 4.98 Å². The number of furan rings is 1.